The van der Waals surface area contributed by atoms with E-state index in [2.05, 4.69) is 26.1 Å². The number of hydrogen-bond donors (Lipinski definition) is 1. The van der Waals surface area contributed by atoms with E-state index in [0.717, 1.165) is 0 Å². The fraction of sp³-hybridized carbons (Fsp3) is 0.167. The van der Waals surface area contributed by atoms with E-state index in [1.165, 1.54) is 19.2 Å². The van der Waals surface area contributed by atoms with Crippen molar-refractivity contribution < 1.29 is 23.0 Å². The summed E-state index contributed by atoms with van der Waals surface area (Å²) in [6.07, 6.45) is 1.50. The van der Waals surface area contributed by atoms with E-state index in [1.807, 2.05) is 0 Å². The van der Waals surface area contributed by atoms with Crippen LogP contribution in [0, 0.1) is 11.3 Å². The third-order valence-corrected chi connectivity index (χ3v) is 4.88. The van der Waals surface area contributed by atoms with Crippen LogP contribution in [-0.4, -0.2) is 27.1 Å². The van der Waals surface area contributed by atoms with Crippen LogP contribution in [0.5, 0.6) is 11.5 Å². The number of amides is 1. The molecule has 0 aliphatic carbocycles. The van der Waals surface area contributed by atoms with E-state index in [0.29, 0.717) is 39.6 Å². The first kappa shape index (κ1) is 22.7. The lowest BCUT2D eigenvalue weighted by atomic mass is 10.2. The van der Waals surface area contributed by atoms with Gasteiger partial charge in [-0.05, 0) is 30.3 Å². The highest BCUT2D eigenvalue weighted by atomic mass is 19.3. The number of pyridine rings is 1. The molecule has 4 rings (SSSR count). The second kappa shape index (κ2) is 9.95. The zero-order valence-corrected chi connectivity index (χ0v) is 18.0. The Labute approximate surface area is 193 Å². The molecular weight excluding hydrogens is 444 g/mol. The number of alkyl halides is 2. The van der Waals surface area contributed by atoms with Crippen LogP contribution in [0.2, 0.25) is 0 Å². The van der Waals surface area contributed by atoms with E-state index in [-0.39, 0.29) is 24.8 Å². The Balaban J connectivity index is 1.68. The molecule has 0 bridgehead atoms. The van der Waals surface area contributed by atoms with Gasteiger partial charge in [-0.3, -0.25) is 4.79 Å². The standard InChI is InChI=1S/C24H19F2N5O3/c1-15(32)29-22-11-18(8-9-28-22)33-14-23-30-19-7-6-16(12-27)10-20(19)31(23)13-17-4-2-3-5-21(17)34-24(25)26/h2-11,24H,13-14H2,1H3,(H,28,29,32). The van der Waals surface area contributed by atoms with Crippen LogP contribution in [0.3, 0.4) is 0 Å². The molecule has 0 atom stereocenters. The Hall–Kier alpha value is -4.52. The van der Waals surface area contributed by atoms with Gasteiger partial charge < -0.3 is 19.4 Å². The second-order valence-corrected chi connectivity index (χ2v) is 7.26. The number of nitrogens with zero attached hydrogens (tertiary/aromatic N) is 4. The fourth-order valence-corrected chi connectivity index (χ4v) is 3.44. The number of ether oxygens (including phenoxy) is 2. The van der Waals surface area contributed by atoms with Crippen molar-refractivity contribution in [2.75, 3.05) is 5.32 Å². The number of fused-ring (bicyclic) bond motifs is 1. The number of nitrogens with one attached hydrogen (secondary N) is 1. The maximum absolute atomic E-state index is 12.9. The molecule has 0 saturated heterocycles. The number of halogens is 2. The molecule has 1 amide bonds. The molecule has 2 heterocycles. The van der Waals surface area contributed by atoms with Gasteiger partial charge in [-0.1, -0.05) is 18.2 Å². The summed E-state index contributed by atoms with van der Waals surface area (Å²) < 4.78 is 38.2. The number of anilines is 1. The molecule has 0 unspecified atom stereocenters. The molecule has 0 aliphatic heterocycles. The van der Waals surface area contributed by atoms with Crippen LogP contribution in [0.1, 0.15) is 23.9 Å². The average molecular weight is 463 g/mol. The van der Waals surface area contributed by atoms with Crippen LogP contribution in [0.25, 0.3) is 11.0 Å². The van der Waals surface area contributed by atoms with Gasteiger partial charge in [0.25, 0.3) is 0 Å². The third-order valence-electron chi connectivity index (χ3n) is 4.88. The Morgan fingerprint density at radius 2 is 2.03 bits per heavy atom. The number of aromatic nitrogens is 3. The van der Waals surface area contributed by atoms with Crippen LogP contribution < -0.4 is 14.8 Å². The molecule has 0 radical (unpaired) electrons. The summed E-state index contributed by atoms with van der Waals surface area (Å²) in [5.41, 5.74) is 2.23. The van der Waals surface area contributed by atoms with Crippen molar-refractivity contribution in [3.8, 4) is 17.6 Å². The Bertz CT molecular complexity index is 1380. The molecule has 0 aliphatic rings. The number of carbonyl (C=O) groups is 1. The van der Waals surface area contributed by atoms with Gasteiger partial charge in [0.1, 0.15) is 29.7 Å². The van der Waals surface area contributed by atoms with Gasteiger partial charge in [0.15, 0.2) is 0 Å². The maximum Gasteiger partial charge on any atom is 0.387 e. The van der Waals surface area contributed by atoms with E-state index >= 15 is 0 Å². The van der Waals surface area contributed by atoms with Gasteiger partial charge in [0, 0.05) is 24.8 Å². The van der Waals surface area contributed by atoms with Gasteiger partial charge in [0.05, 0.1) is 29.2 Å². The van der Waals surface area contributed by atoms with E-state index in [9.17, 15) is 18.8 Å². The van der Waals surface area contributed by atoms with Gasteiger partial charge in [-0.15, -0.1) is 0 Å². The minimum absolute atomic E-state index is 0.0396. The van der Waals surface area contributed by atoms with Crippen molar-refractivity contribution >= 4 is 22.8 Å². The van der Waals surface area contributed by atoms with E-state index in [1.54, 1.807) is 53.1 Å². The van der Waals surface area contributed by atoms with Crippen molar-refractivity contribution in [1.29, 1.82) is 5.26 Å². The zero-order valence-electron chi connectivity index (χ0n) is 18.0. The van der Waals surface area contributed by atoms with Gasteiger partial charge in [0.2, 0.25) is 5.91 Å². The van der Waals surface area contributed by atoms with Crippen LogP contribution in [-0.2, 0) is 17.9 Å². The summed E-state index contributed by atoms with van der Waals surface area (Å²) in [7, 11) is 0. The molecule has 2 aromatic carbocycles. The Morgan fingerprint density at radius 1 is 1.21 bits per heavy atom. The first-order chi connectivity index (χ1) is 16.4. The number of hydrogen-bond acceptors (Lipinski definition) is 6. The number of para-hydroxylation sites is 1. The van der Waals surface area contributed by atoms with Gasteiger partial charge in [-0.2, -0.15) is 14.0 Å². The quantitative estimate of drug-likeness (QED) is 0.413. The molecule has 8 nitrogen and oxygen atoms in total. The molecular formula is C24H19F2N5O3. The Morgan fingerprint density at radius 3 is 2.79 bits per heavy atom. The monoisotopic (exact) mass is 463 g/mol. The van der Waals surface area contributed by atoms with Gasteiger partial charge in [-0.25, -0.2) is 9.97 Å². The number of nitriles is 1. The van der Waals surface area contributed by atoms with E-state index in [4.69, 9.17) is 4.74 Å². The largest absolute Gasteiger partial charge is 0.485 e. The molecule has 2 aromatic heterocycles. The van der Waals surface area contributed by atoms with Crippen molar-refractivity contribution in [3.05, 3.63) is 77.7 Å². The lowest BCUT2D eigenvalue weighted by Gasteiger charge is -2.14. The van der Waals surface area contributed by atoms with Crippen LogP contribution in [0.4, 0.5) is 14.6 Å². The third kappa shape index (κ3) is 5.27. The second-order valence-electron chi connectivity index (χ2n) is 7.26. The van der Waals surface area contributed by atoms with E-state index < -0.39 is 6.61 Å². The summed E-state index contributed by atoms with van der Waals surface area (Å²) in [5, 5.41) is 11.9. The first-order valence-electron chi connectivity index (χ1n) is 10.2. The SMILES string of the molecule is CC(=O)Nc1cc(OCc2nc3ccc(C#N)cc3n2Cc2ccccc2OC(F)F)ccn1. The number of imidazole rings is 1. The minimum atomic E-state index is -2.96. The summed E-state index contributed by atoms with van der Waals surface area (Å²) in [6, 6.07) is 16.9. The molecule has 1 N–H and O–H groups in total. The zero-order chi connectivity index (χ0) is 24.1. The Kier molecular flexibility index (Phi) is 6.64. The molecule has 10 heteroatoms. The summed E-state index contributed by atoms with van der Waals surface area (Å²) in [6.45, 7) is -1.38. The highest BCUT2D eigenvalue weighted by Gasteiger charge is 2.16. The maximum atomic E-state index is 12.9. The van der Waals surface area contributed by atoms with Crippen LogP contribution in [0.15, 0.2) is 60.8 Å². The minimum Gasteiger partial charge on any atom is -0.485 e. The number of carbonyl (C=O) groups excluding carboxylic acids is 1. The highest BCUT2D eigenvalue weighted by molar-refractivity contribution is 5.87. The molecule has 34 heavy (non-hydrogen) atoms. The summed E-state index contributed by atoms with van der Waals surface area (Å²) in [5.74, 6) is 1.10. The highest BCUT2D eigenvalue weighted by Crippen LogP contribution is 2.26. The predicted molar refractivity (Wildman–Crippen MR) is 119 cm³/mol. The van der Waals surface area contributed by atoms with Crippen LogP contribution >= 0.6 is 0 Å². The van der Waals surface area contributed by atoms with Crippen molar-refractivity contribution in [1.82, 2.24) is 14.5 Å². The fourth-order valence-electron chi connectivity index (χ4n) is 3.44. The average Bonchev–Trinajstić information content (AvgIpc) is 3.15. The molecule has 0 spiro atoms. The lowest BCUT2D eigenvalue weighted by molar-refractivity contribution is -0.114. The molecule has 4 aromatic rings. The first-order valence-corrected chi connectivity index (χ1v) is 10.2. The van der Waals surface area contributed by atoms with Crippen molar-refractivity contribution in [2.24, 2.45) is 0 Å². The molecule has 0 fully saturated rings. The lowest BCUT2D eigenvalue weighted by Crippen LogP contribution is -2.11. The molecule has 0 saturated carbocycles. The van der Waals surface area contributed by atoms with Crippen molar-refractivity contribution in [2.45, 2.75) is 26.7 Å². The van der Waals surface area contributed by atoms with Crippen molar-refractivity contribution in [3.63, 3.8) is 0 Å². The summed E-state index contributed by atoms with van der Waals surface area (Å²) in [4.78, 5) is 20.0. The summed E-state index contributed by atoms with van der Waals surface area (Å²) >= 11 is 0. The predicted octanol–water partition coefficient (Wildman–Crippen LogP) is 4.49. The molecule has 172 valence electrons. The number of benzene rings is 2. The smallest absolute Gasteiger partial charge is 0.387 e. The topological polar surface area (TPSA) is 102 Å². The number of rotatable bonds is 8. The normalized spacial score (nSPS) is 10.8. The van der Waals surface area contributed by atoms with Gasteiger partial charge >= 0.3 is 6.61 Å².